The van der Waals surface area contributed by atoms with Crippen LogP contribution in [0.15, 0.2) is 23.4 Å². The van der Waals surface area contributed by atoms with Gasteiger partial charge in [0.15, 0.2) is 0 Å². The van der Waals surface area contributed by atoms with E-state index in [9.17, 15) is 4.79 Å². The van der Waals surface area contributed by atoms with Crippen molar-refractivity contribution in [3.05, 3.63) is 40.5 Å². The number of hydrogen-bond donors (Lipinski definition) is 1. The van der Waals surface area contributed by atoms with Crippen LogP contribution in [0.25, 0.3) is 5.65 Å². The van der Waals surface area contributed by atoms with E-state index in [2.05, 4.69) is 25.8 Å². The molecule has 0 spiro atoms. The number of nitrogens with one attached hydrogen (secondary N) is 1. The molecule has 0 atom stereocenters. The van der Waals surface area contributed by atoms with Gasteiger partial charge in [0, 0.05) is 39.0 Å². The van der Waals surface area contributed by atoms with Gasteiger partial charge in [-0.05, 0) is 12.8 Å². The number of hydrogen-bond acceptors (Lipinski definition) is 6. The molecular weight excluding hydrogens is 296 g/mol. The third-order valence-corrected chi connectivity index (χ3v) is 4.09. The molecule has 9 heteroatoms. The number of aryl methyl sites for hydroxylation is 1. The second-order valence-corrected chi connectivity index (χ2v) is 5.85. The summed E-state index contributed by atoms with van der Waals surface area (Å²) in [6.07, 6.45) is 8.42. The molecular formula is C14H18N8O. The largest absolute Gasteiger partial charge is 0.314 e. The summed E-state index contributed by atoms with van der Waals surface area (Å²) in [6, 6.07) is 0.533. The predicted molar refractivity (Wildman–Crippen MR) is 81.9 cm³/mol. The van der Waals surface area contributed by atoms with E-state index < -0.39 is 0 Å². The second-order valence-electron chi connectivity index (χ2n) is 5.85. The van der Waals surface area contributed by atoms with Crippen molar-refractivity contribution in [1.29, 1.82) is 0 Å². The Bertz CT molecular complexity index is 888. The molecule has 120 valence electrons. The first-order chi connectivity index (χ1) is 11.2. The van der Waals surface area contributed by atoms with Gasteiger partial charge in [-0.2, -0.15) is 0 Å². The van der Waals surface area contributed by atoms with E-state index >= 15 is 0 Å². The van der Waals surface area contributed by atoms with Crippen LogP contribution in [0.1, 0.15) is 30.4 Å². The summed E-state index contributed by atoms with van der Waals surface area (Å²) in [5.74, 6) is 0.777. The Balaban J connectivity index is 1.39. The van der Waals surface area contributed by atoms with Gasteiger partial charge in [0.2, 0.25) is 5.65 Å². The molecule has 9 nitrogen and oxygen atoms in total. The molecule has 1 fully saturated rings. The van der Waals surface area contributed by atoms with Crippen LogP contribution in [0.3, 0.4) is 0 Å². The standard InChI is InChI=1S/C14H18N8O/c1-20-6-7-21-12(17-18-13(21)14(20)23)4-5-15-8-11-9-16-19-22(11)10-2-3-10/h6-7,9-10,15H,2-5,8H2,1H3. The number of rotatable bonds is 6. The highest BCUT2D eigenvalue weighted by Gasteiger charge is 2.26. The van der Waals surface area contributed by atoms with E-state index in [1.54, 1.807) is 17.6 Å². The molecule has 1 aliphatic carbocycles. The summed E-state index contributed by atoms with van der Waals surface area (Å²) < 4.78 is 5.25. The molecule has 0 amide bonds. The average molecular weight is 314 g/mol. The minimum Gasteiger partial charge on any atom is -0.314 e. The summed E-state index contributed by atoms with van der Waals surface area (Å²) in [7, 11) is 1.70. The topological polar surface area (TPSA) is 94.9 Å². The van der Waals surface area contributed by atoms with Crippen LogP contribution < -0.4 is 10.9 Å². The Morgan fingerprint density at radius 3 is 3.00 bits per heavy atom. The van der Waals surface area contributed by atoms with Crippen LogP contribution in [-0.2, 0) is 20.0 Å². The second kappa shape index (κ2) is 5.58. The van der Waals surface area contributed by atoms with E-state index in [0.29, 0.717) is 18.1 Å². The predicted octanol–water partition coefficient (Wildman–Crippen LogP) is -0.313. The van der Waals surface area contributed by atoms with Crippen molar-refractivity contribution in [3.8, 4) is 0 Å². The summed E-state index contributed by atoms with van der Waals surface area (Å²) in [4.78, 5) is 11.9. The van der Waals surface area contributed by atoms with Crippen LogP contribution in [0, 0.1) is 0 Å². The third kappa shape index (κ3) is 2.63. The van der Waals surface area contributed by atoms with Crippen molar-refractivity contribution in [1.82, 2.24) is 39.5 Å². The van der Waals surface area contributed by atoms with Crippen molar-refractivity contribution >= 4 is 5.65 Å². The Labute approximate surface area is 131 Å². The first-order valence-electron chi connectivity index (χ1n) is 7.73. The maximum atomic E-state index is 11.9. The molecule has 0 bridgehead atoms. The van der Waals surface area contributed by atoms with Gasteiger partial charge in [-0.3, -0.25) is 9.20 Å². The van der Waals surface area contributed by atoms with Gasteiger partial charge in [0.05, 0.1) is 17.9 Å². The van der Waals surface area contributed by atoms with Crippen molar-refractivity contribution in [3.63, 3.8) is 0 Å². The zero-order chi connectivity index (χ0) is 15.8. The Morgan fingerprint density at radius 2 is 2.17 bits per heavy atom. The van der Waals surface area contributed by atoms with Gasteiger partial charge in [-0.25, -0.2) is 4.68 Å². The quantitative estimate of drug-likeness (QED) is 0.627. The van der Waals surface area contributed by atoms with Gasteiger partial charge in [-0.15, -0.1) is 15.3 Å². The van der Waals surface area contributed by atoms with Crippen LogP contribution >= 0.6 is 0 Å². The molecule has 23 heavy (non-hydrogen) atoms. The Kier molecular flexibility index (Phi) is 3.41. The van der Waals surface area contributed by atoms with Crippen LogP contribution in [0.4, 0.5) is 0 Å². The summed E-state index contributed by atoms with van der Waals surface area (Å²) in [6.45, 7) is 1.47. The molecule has 0 aliphatic heterocycles. The minimum atomic E-state index is -0.140. The third-order valence-electron chi connectivity index (χ3n) is 4.09. The minimum absolute atomic E-state index is 0.140. The maximum Gasteiger partial charge on any atom is 0.295 e. The number of fused-ring (bicyclic) bond motifs is 1. The monoisotopic (exact) mass is 314 g/mol. The van der Waals surface area contributed by atoms with Gasteiger partial charge >= 0.3 is 0 Å². The SMILES string of the molecule is Cn1ccn2c(CCNCc3cnnn3C3CC3)nnc2c1=O. The fourth-order valence-electron chi connectivity index (χ4n) is 2.62. The molecule has 0 aromatic carbocycles. The lowest BCUT2D eigenvalue weighted by Gasteiger charge is -2.06. The summed E-state index contributed by atoms with van der Waals surface area (Å²) in [5.41, 5.74) is 1.33. The molecule has 1 saturated carbocycles. The van der Waals surface area contributed by atoms with E-state index in [1.165, 1.54) is 17.4 Å². The van der Waals surface area contributed by atoms with Gasteiger partial charge in [0.25, 0.3) is 5.56 Å². The molecule has 1 N–H and O–H groups in total. The molecule has 3 aromatic heterocycles. The first-order valence-corrected chi connectivity index (χ1v) is 7.73. The smallest absolute Gasteiger partial charge is 0.295 e. The maximum absolute atomic E-state index is 11.9. The lowest BCUT2D eigenvalue weighted by atomic mass is 10.3. The fourth-order valence-corrected chi connectivity index (χ4v) is 2.62. The lowest BCUT2D eigenvalue weighted by molar-refractivity contribution is 0.555. The summed E-state index contributed by atoms with van der Waals surface area (Å²) >= 11 is 0. The summed E-state index contributed by atoms with van der Waals surface area (Å²) in [5, 5.41) is 19.6. The Hall–Kier alpha value is -2.55. The van der Waals surface area contributed by atoms with Crippen molar-refractivity contribution in [2.24, 2.45) is 7.05 Å². The highest BCUT2D eigenvalue weighted by atomic mass is 16.1. The average Bonchev–Trinajstić information content (AvgIpc) is 3.15. The fraction of sp³-hybridized carbons (Fsp3) is 0.500. The van der Waals surface area contributed by atoms with Crippen LogP contribution in [-0.4, -0.2) is 40.7 Å². The normalized spacial score (nSPS) is 14.7. The molecule has 3 heterocycles. The zero-order valence-corrected chi connectivity index (χ0v) is 12.9. The Morgan fingerprint density at radius 1 is 1.30 bits per heavy atom. The van der Waals surface area contributed by atoms with E-state index in [4.69, 9.17) is 0 Å². The highest BCUT2D eigenvalue weighted by molar-refractivity contribution is 5.34. The van der Waals surface area contributed by atoms with Crippen molar-refractivity contribution in [2.75, 3.05) is 6.54 Å². The highest BCUT2D eigenvalue weighted by Crippen LogP contribution is 2.34. The molecule has 4 rings (SSSR count). The van der Waals surface area contributed by atoms with Crippen molar-refractivity contribution in [2.45, 2.75) is 31.8 Å². The molecule has 1 aliphatic rings. The molecule has 0 saturated heterocycles. The van der Waals surface area contributed by atoms with E-state index in [1.807, 2.05) is 17.1 Å². The first kappa shape index (κ1) is 14.1. The number of nitrogens with zero attached hydrogens (tertiary/aromatic N) is 7. The van der Waals surface area contributed by atoms with Crippen molar-refractivity contribution < 1.29 is 0 Å². The lowest BCUT2D eigenvalue weighted by Crippen LogP contribution is -2.21. The molecule has 0 unspecified atom stereocenters. The van der Waals surface area contributed by atoms with E-state index in [0.717, 1.165) is 24.6 Å². The van der Waals surface area contributed by atoms with Gasteiger partial charge < -0.3 is 9.88 Å². The van der Waals surface area contributed by atoms with E-state index in [-0.39, 0.29) is 5.56 Å². The molecule has 0 radical (unpaired) electrons. The number of aromatic nitrogens is 7. The van der Waals surface area contributed by atoms with Gasteiger partial charge in [-0.1, -0.05) is 5.21 Å². The molecule has 3 aromatic rings. The van der Waals surface area contributed by atoms with Crippen LogP contribution in [0.2, 0.25) is 0 Å². The van der Waals surface area contributed by atoms with Gasteiger partial charge in [0.1, 0.15) is 5.82 Å². The zero-order valence-electron chi connectivity index (χ0n) is 12.9. The van der Waals surface area contributed by atoms with Crippen LogP contribution in [0.5, 0.6) is 0 Å².